The Morgan fingerprint density at radius 1 is 1.04 bits per heavy atom. The first kappa shape index (κ1) is 18.7. The Labute approximate surface area is 147 Å². The molecule has 0 aliphatic heterocycles. The van der Waals surface area contributed by atoms with Gasteiger partial charge in [-0.1, -0.05) is 40.7 Å². The van der Waals surface area contributed by atoms with Crippen molar-refractivity contribution in [2.24, 2.45) is 10.8 Å². The van der Waals surface area contributed by atoms with E-state index in [9.17, 15) is 0 Å². The Morgan fingerprint density at radius 2 is 1.75 bits per heavy atom. The summed E-state index contributed by atoms with van der Waals surface area (Å²) in [5, 5.41) is 4.82. The van der Waals surface area contributed by atoms with Gasteiger partial charge in [0.05, 0.1) is 5.69 Å². The fourth-order valence-corrected chi connectivity index (χ4v) is 2.93. The van der Waals surface area contributed by atoms with Crippen LogP contribution in [0.3, 0.4) is 0 Å². The van der Waals surface area contributed by atoms with Gasteiger partial charge in [0.2, 0.25) is 0 Å². The third-order valence-corrected chi connectivity index (χ3v) is 4.53. The minimum absolute atomic E-state index is 0.261. The van der Waals surface area contributed by atoms with E-state index in [-0.39, 0.29) is 5.41 Å². The molecule has 132 valence electrons. The predicted molar refractivity (Wildman–Crippen MR) is 101 cm³/mol. The summed E-state index contributed by atoms with van der Waals surface area (Å²) in [6, 6.07) is 6.44. The molecular weight excluding hydrogens is 294 g/mol. The van der Waals surface area contributed by atoms with Gasteiger partial charge in [0.1, 0.15) is 0 Å². The summed E-state index contributed by atoms with van der Waals surface area (Å²) in [6.07, 6.45) is 8.31. The molecule has 0 amide bonds. The molecule has 0 aliphatic rings. The van der Waals surface area contributed by atoms with Crippen LogP contribution in [0, 0.1) is 17.8 Å². The van der Waals surface area contributed by atoms with Crippen molar-refractivity contribution >= 4 is 0 Å². The molecule has 0 saturated carbocycles. The average Bonchev–Trinajstić information content (AvgIpc) is 2.83. The highest BCUT2D eigenvalue weighted by Gasteiger charge is 2.19. The molecule has 0 aliphatic carbocycles. The van der Waals surface area contributed by atoms with Gasteiger partial charge in [-0.3, -0.25) is 9.67 Å². The van der Waals surface area contributed by atoms with Crippen LogP contribution in [0.5, 0.6) is 0 Å². The lowest BCUT2D eigenvalue weighted by Gasteiger charge is -2.24. The third kappa shape index (κ3) is 6.10. The van der Waals surface area contributed by atoms with Crippen molar-refractivity contribution in [3.8, 4) is 0 Å². The standard InChI is InChI=1S/C21H33N3/c1-17-14-19(23-24(17)16-20(2,3)4)10-12-21(5,6)11-9-18-8-7-13-22-15-18/h7-8,13-15H,9-12,16H2,1-6H3. The van der Waals surface area contributed by atoms with E-state index >= 15 is 0 Å². The molecule has 0 spiro atoms. The molecule has 0 saturated heterocycles. The van der Waals surface area contributed by atoms with E-state index in [1.807, 2.05) is 18.5 Å². The molecule has 2 aromatic heterocycles. The summed E-state index contributed by atoms with van der Waals surface area (Å²) >= 11 is 0. The Hall–Kier alpha value is -1.64. The van der Waals surface area contributed by atoms with Crippen LogP contribution in [-0.4, -0.2) is 14.8 Å². The van der Waals surface area contributed by atoms with Crippen LogP contribution in [0.1, 0.15) is 64.4 Å². The second-order valence-corrected chi connectivity index (χ2v) is 9.02. The summed E-state index contributed by atoms with van der Waals surface area (Å²) in [4.78, 5) is 4.21. The van der Waals surface area contributed by atoms with Crippen LogP contribution >= 0.6 is 0 Å². The van der Waals surface area contributed by atoms with E-state index in [4.69, 9.17) is 5.10 Å². The maximum absolute atomic E-state index is 4.82. The topological polar surface area (TPSA) is 30.7 Å². The molecule has 0 aromatic carbocycles. The van der Waals surface area contributed by atoms with Crippen molar-refractivity contribution in [1.82, 2.24) is 14.8 Å². The minimum Gasteiger partial charge on any atom is -0.269 e. The summed E-state index contributed by atoms with van der Waals surface area (Å²) < 4.78 is 2.16. The van der Waals surface area contributed by atoms with Crippen molar-refractivity contribution < 1.29 is 0 Å². The van der Waals surface area contributed by atoms with Gasteiger partial charge in [-0.2, -0.15) is 5.10 Å². The smallest absolute Gasteiger partial charge is 0.0627 e. The highest BCUT2D eigenvalue weighted by atomic mass is 15.3. The third-order valence-electron chi connectivity index (χ3n) is 4.53. The normalized spacial score (nSPS) is 12.6. The Morgan fingerprint density at radius 3 is 2.38 bits per heavy atom. The zero-order chi connectivity index (χ0) is 17.8. The van der Waals surface area contributed by atoms with Gasteiger partial charge >= 0.3 is 0 Å². The molecule has 3 nitrogen and oxygen atoms in total. The highest BCUT2D eigenvalue weighted by Crippen LogP contribution is 2.29. The van der Waals surface area contributed by atoms with Crippen molar-refractivity contribution in [3.05, 3.63) is 47.5 Å². The molecule has 0 N–H and O–H groups in total. The fraction of sp³-hybridized carbons (Fsp3) is 0.619. The van der Waals surface area contributed by atoms with E-state index < -0.39 is 0 Å². The molecule has 24 heavy (non-hydrogen) atoms. The van der Waals surface area contributed by atoms with Crippen molar-refractivity contribution in [3.63, 3.8) is 0 Å². The lowest BCUT2D eigenvalue weighted by molar-refractivity contribution is 0.303. The van der Waals surface area contributed by atoms with Crippen molar-refractivity contribution in [2.75, 3.05) is 0 Å². The molecule has 0 unspecified atom stereocenters. The van der Waals surface area contributed by atoms with Crippen LogP contribution in [0.4, 0.5) is 0 Å². The van der Waals surface area contributed by atoms with Crippen molar-refractivity contribution in [2.45, 2.75) is 73.8 Å². The predicted octanol–water partition coefficient (Wildman–Crippen LogP) is 5.22. The molecule has 0 fully saturated rings. The lowest BCUT2D eigenvalue weighted by Crippen LogP contribution is -2.18. The molecule has 2 rings (SSSR count). The number of nitrogens with zero attached hydrogens (tertiary/aromatic N) is 3. The van der Waals surface area contributed by atoms with E-state index in [1.54, 1.807) is 0 Å². The Bertz CT molecular complexity index is 633. The van der Waals surface area contributed by atoms with E-state index in [0.717, 1.165) is 19.4 Å². The molecule has 2 heterocycles. The minimum atomic E-state index is 0.261. The van der Waals surface area contributed by atoms with Gasteiger partial charge in [0.15, 0.2) is 0 Å². The largest absolute Gasteiger partial charge is 0.269 e. The quantitative estimate of drug-likeness (QED) is 0.697. The number of hydrogen-bond acceptors (Lipinski definition) is 2. The number of rotatable bonds is 7. The van der Waals surface area contributed by atoms with Crippen LogP contribution in [0.25, 0.3) is 0 Å². The van der Waals surface area contributed by atoms with Crippen LogP contribution < -0.4 is 0 Å². The van der Waals surface area contributed by atoms with Gasteiger partial charge in [-0.05, 0) is 61.1 Å². The second kappa shape index (κ2) is 7.50. The van der Waals surface area contributed by atoms with Gasteiger partial charge in [-0.15, -0.1) is 0 Å². The number of aromatic nitrogens is 3. The van der Waals surface area contributed by atoms with Crippen LogP contribution in [-0.2, 0) is 19.4 Å². The first-order chi connectivity index (χ1) is 11.1. The second-order valence-electron chi connectivity index (χ2n) is 9.02. The Balaban J connectivity index is 1.88. The number of aryl methyl sites for hydroxylation is 3. The first-order valence-corrected chi connectivity index (χ1v) is 9.07. The zero-order valence-electron chi connectivity index (χ0n) is 16.3. The molecular formula is C21H33N3. The summed E-state index contributed by atoms with van der Waals surface area (Å²) in [5.74, 6) is 0. The SMILES string of the molecule is Cc1cc(CCC(C)(C)CCc2cccnc2)nn1CC(C)(C)C. The van der Waals surface area contributed by atoms with Gasteiger partial charge in [0, 0.05) is 24.6 Å². The van der Waals surface area contributed by atoms with Crippen LogP contribution in [0.15, 0.2) is 30.6 Å². The summed E-state index contributed by atoms with van der Waals surface area (Å²) in [6.45, 7) is 14.6. The first-order valence-electron chi connectivity index (χ1n) is 9.07. The van der Waals surface area contributed by atoms with E-state index in [2.05, 4.69) is 63.3 Å². The van der Waals surface area contributed by atoms with E-state index in [1.165, 1.54) is 29.8 Å². The summed E-state index contributed by atoms with van der Waals surface area (Å²) in [7, 11) is 0. The zero-order valence-corrected chi connectivity index (χ0v) is 16.3. The van der Waals surface area contributed by atoms with E-state index in [0.29, 0.717) is 5.41 Å². The van der Waals surface area contributed by atoms with Gasteiger partial charge in [-0.25, -0.2) is 0 Å². The maximum atomic E-state index is 4.82. The summed E-state index contributed by atoms with van der Waals surface area (Å²) in [5.41, 5.74) is 4.41. The Kier molecular flexibility index (Phi) is 5.84. The molecule has 0 bridgehead atoms. The van der Waals surface area contributed by atoms with Gasteiger partial charge in [0.25, 0.3) is 0 Å². The molecule has 0 radical (unpaired) electrons. The number of hydrogen-bond donors (Lipinski definition) is 0. The monoisotopic (exact) mass is 327 g/mol. The fourth-order valence-electron chi connectivity index (χ4n) is 2.93. The number of pyridine rings is 1. The maximum Gasteiger partial charge on any atom is 0.0627 e. The molecule has 3 heteroatoms. The average molecular weight is 328 g/mol. The van der Waals surface area contributed by atoms with Crippen LogP contribution in [0.2, 0.25) is 0 Å². The molecule has 0 atom stereocenters. The van der Waals surface area contributed by atoms with Gasteiger partial charge < -0.3 is 0 Å². The molecule has 2 aromatic rings. The van der Waals surface area contributed by atoms with Crippen molar-refractivity contribution in [1.29, 1.82) is 0 Å². The highest BCUT2D eigenvalue weighted by molar-refractivity contribution is 5.10. The lowest BCUT2D eigenvalue weighted by atomic mass is 9.82.